The van der Waals surface area contributed by atoms with E-state index >= 15 is 0 Å². The van der Waals surface area contributed by atoms with Crippen LogP contribution >= 0.6 is 11.3 Å². The van der Waals surface area contributed by atoms with E-state index < -0.39 is 5.41 Å². The molecule has 0 aliphatic heterocycles. The van der Waals surface area contributed by atoms with Crippen LogP contribution in [0.25, 0.3) is 20.8 Å². The molecule has 0 N–H and O–H groups in total. The molecular formula is C21H23NO3S. The van der Waals surface area contributed by atoms with E-state index in [0.29, 0.717) is 6.61 Å². The number of carbonyl (C=O) groups is 1. The van der Waals surface area contributed by atoms with E-state index in [-0.39, 0.29) is 12.6 Å². The lowest BCUT2D eigenvalue weighted by atomic mass is 9.91. The molecule has 3 rings (SSSR count). The molecule has 0 spiro atoms. The standard InChI is InChI=1S/C21H23NO3S/c1-4-21(2,3)20(23)25-14-13-24-17-11-7-5-9-15(17)19-22-16-10-6-8-12-18(16)26-19/h5-12H,4,13-14H2,1-3H3. The van der Waals surface area contributed by atoms with Gasteiger partial charge >= 0.3 is 5.97 Å². The lowest BCUT2D eigenvalue weighted by Gasteiger charge is -2.20. The lowest BCUT2D eigenvalue weighted by Crippen LogP contribution is -2.27. The molecule has 0 radical (unpaired) electrons. The van der Waals surface area contributed by atoms with E-state index in [1.807, 2.05) is 63.2 Å². The Balaban J connectivity index is 1.67. The molecule has 136 valence electrons. The van der Waals surface area contributed by atoms with Crippen molar-refractivity contribution >= 4 is 27.5 Å². The van der Waals surface area contributed by atoms with Crippen LogP contribution in [-0.4, -0.2) is 24.2 Å². The number of esters is 1. The SMILES string of the molecule is CCC(C)(C)C(=O)OCCOc1ccccc1-c1nc2ccccc2s1. The Labute approximate surface area is 157 Å². The molecule has 3 aromatic rings. The van der Waals surface area contributed by atoms with Gasteiger partial charge in [-0.1, -0.05) is 31.2 Å². The highest BCUT2D eigenvalue weighted by Gasteiger charge is 2.26. The Morgan fingerprint density at radius 1 is 1.08 bits per heavy atom. The number of nitrogens with zero attached hydrogens (tertiary/aromatic N) is 1. The second kappa shape index (κ2) is 7.87. The van der Waals surface area contributed by atoms with Gasteiger partial charge in [0.25, 0.3) is 0 Å². The molecule has 0 unspecified atom stereocenters. The molecule has 1 aromatic heterocycles. The fourth-order valence-corrected chi connectivity index (χ4v) is 3.38. The first-order valence-electron chi connectivity index (χ1n) is 8.76. The number of hydrogen-bond acceptors (Lipinski definition) is 5. The van der Waals surface area contributed by atoms with Crippen molar-refractivity contribution in [2.75, 3.05) is 13.2 Å². The summed E-state index contributed by atoms with van der Waals surface area (Å²) in [5, 5.41) is 0.922. The minimum atomic E-state index is -0.459. The van der Waals surface area contributed by atoms with Crippen LogP contribution in [-0.2, 0) is 9.53 Å². The summed E-state index contributed by atoms with van der Waals surface area (Å²) in [4.78, 5) is 16.7. The topological polar surface area (TPSA) is 48.4 Å². The van der Waals surface area contributed by atoms with Crippen molar-refractivity contribution in [2.45, 2.75) is 27.2 Å². The number of ether oxygens (including phenoxy) is 2. The summed E-state index contributed by atoms with van der Waals surface area (Å²) in [6.07, 6.45) is 0.743. The number of para-hydroxylation sites is 2. The highest BCUT2D eigenvalue weighted by Crippen LogP contribution is 2.35. The first-order valence-corrected chi connectivity index (χ1v) is 9.58. The molecule has 4 nitrogen and oxygen atoms in total. The normalized spacial score (nSPS) is 11.5. The molecular weight excluding hydrogens is 346 g/mol. The molecule has 0 aliphatic rings. The predicted octanol–water partition coefficient (Wildman–Crippen LogP) is 5.32. The van der Waals surface area contributed by atoms with Gasteiger partial charge in [0.05, 0.1) is 21.2 Å². The maximum atomic E-state index is 12.0. The zero-order valence-electron chi connectivity index (χ0n) is 15.3. The molecule has 1 heterocycles. The van der Waals surface area contributed by atoms with Gasteiger partial charge in [-0.05, 0) is 44.5 Å². The van der Waals surface area contributed by atoms with Crippen LogP contribution in [0.5, 0.6) is 5.75 Å². The first-order chi connectivity index (χ1) is 12.5. The molecule has 0 atom stereocenters. The number of rotatable bonds is 7. The largest absolute Gasteiger partial charge is 0.489 e. The maximum Gasteiger partial charge on any atom is 0.311 e. The van der Waals surface area contributed by atoms with Crippen molar-refractivity contribution < 1.29 is 14.3 Å². The quantitative estimate of drug-likeness (QED) is 0.418. The summed E-state index contributed by atoms with van der Waals surface area (Å²) in [6.45, 7) is 6.30. The fourth-order valence-electron chi connectivity index (χ4n) is 2.38. The summed E-state index contributed by atoms with van der Waals surface area (Å²) in [7, 11) is 0. The van der Waals surface area contributed by atoms with Gasteiger partial charge in [-0.15, -0.1) is 11.3 Å². The number of aromatic nitrogens is 1. The summed E-state index contributed by atoms with van der Waals surface area (Å²) < 4.78 is 12.4. The van der Waals surface area contributed by atoms with Gasteiger partial charge in [0.15, 0.2) is 0 Å². The van der Waals surface area contributed by atoms with Gasteiger partial charge in [-0.2, -0.15) is 0 Å². The van der Waals surface area contributed by atoms with Gasteiger partial charge in [0.2, 0.25) is 0 Å². The van der Waals surface area contributed by atoms with E-state index in [1.165, 1.54) is 0 Å². The zero-order valence-corrected chi connectivity index (χ0v) is 16.1. The van der Waals surface area contributed by atoms with E-state index in [1.54, 1.807) is 11.3 Å². The average molecular weight is 369 g/mol. The van der Waals surface area contributed by atoms with Crippen LogP contribution in [0, 0.1) is 5.41 Å². The lowest BCUT2D eigenvalue weighted by molar-refractivity contribution is -0.154. The Kier molecular flexibility index (Phi) is 5.57. The van der Waals surface area contributed by atoms with Crippen molar-refractivity contribution in [1.29, 1.82) is 0 Å². The average Bonchev–Trinajstić information content (AvgIpc) is 3.09. The predicted molar refractivity (Wildman–Crippen MR) is 106 cm³/mol. The van der Waals surface area contributed by atoms with Crippen LogP contribution in [0.4, 0.5) is 0 Å². The second-order valence-electron chi connectivity index (χ2n) is 6.70. The Morgan fingerprint density at radius 3 is 2.58 bits per heavy atom. The molecule has 0 amide bonds. The molecule has 0 aliphatic carbocycles. The summed E-state index contributed by atoms with van der Waals surface area (Å²) >= 11 is 1.64. The minimum absolute atomic E-state index is 0.192. The van der Waals surface area contributed by atoms with Gasteiger partial charge in [0.1, 0.15) is 24.0 Å². The van der Waals surface area contributed by atoms with Crippen molar-refractivity contribution in [3.05, 3.63) is 48.5 Å². The molecule has 5 heteroatoms. The van der Waals surface area contributed by atoms with Gasteiger partial charge in [0, 0.05) is 0 Å². The van der Waals surface area contributed by atoms with Crippen LogP contribution in [0.1, 0.15) is 27.2 Å². The summed E-state index contributed by atoms with van der Waals surface area (Å²) in [5.41, 5.74) is 1.48. The monoisotopic (exact) mass is 369 g/mol. The second-order valence-corrected chi connectivity index (χ2v) is 7.74. The van der Waals surface area contributed by atoms with Crippen LogP contribution < -0.4 is 4.74 Å². The third-order valence-electron chi connectivity index (χ3n) is 4.42. The Morgan fingerprint density at radius 2 is 1.81 bits per heavy atom. The van der Waals surface area contributed by atoms with Crippen molar-refractivity contribution in [3.8, 4) is 16.3 Å². The number of hydrogen-bond donors (Lipinski definition) is 0. The Hall–Kier alpha value is -2.40. The van der Waals surface area contributed by atoms with Crippen molar-refractivity contribution in [3.63, 3.8) is 0 Å². The van der Waals surface area contributed by atoms with Gasteiger partial charge in [-0.3, -0.25) is 4.79 Å². The van der Waals surface area contributed by atoms with E-state index in [2.05, 4.69) is 6.07 Å². The number of thiazole rings is 1. The van der Waals surface area contributed by atoms with E-state index in [0.717, 1.165) is 33.0 Å². The van der Waals surface area contributed by atoms with Gasteiger partial charge < -0.3 is 9.47 Å². The zero-order chi connectivity index (χ0) is 18.6. The molecule has 0 fully saturated rings. The van der Waals surface area contributed by atoms with Gasteiger partial charge in [-0.25, -0.2) is 4.98 Å². The number of benzene rings is 2. The Bertz CT molecular complexity index is 868. The molecule has 2 aromatic carbocycles. The number of fused-ring (bicyclic) bond motifs is 1. The van der Waals surface area contributed by atoms with Crippen LogP contribution in [0.2, 0.25) is 0 Å². The number of carbonyl (C=O) groups excluding carboxylic acids is 1. The van der Waals surface area contributed by atoms with Crippen LogP contribution in [0.15, 0.2) is 48.5 Å². The van der Waals surface area contributed by atoms with Crippen LogP contribution in [0.3, 0.4) is 0 Å². The highest BCUT2D eigenvalue weighted by molar-refractivity contribution is 7.21. The minimum Gasteiger partial charge on any atom is -0.489 e. The third kappa shape index (κ3) is 4.05. The fraction of sp³-hybridized carbons (Fsp3) is 0.333. The molecule has 26 heavy (non-hydrogen) atoms. The van der Waals surface area contributed by atoms with Crippen molar-refractivity contribution in [2.24, 2.45) is 5.41 Å². The maximum absolute atomic E-state index is 12.0. The smallest absolute Gasteiger partial charge is 0.311 e. The molecule has 0 bridgehead atoms. The highest BCUT2D eigenvalue weighted by atomic mass is 32.1. The van der Waals surface area contributed by atoms with E-state index in [4.69, 9.17) is 14.5 Å². The summed E-state index contributed by atoms with van der Waals surface area (Å²) in [6, 6.07) is 15.9. The first kappa shape index (κ1) is 18.4. The van der Waals surface area contributed by atoms with E-state index in [9.17, 15) is 4.79 Å². The third-order valence-corrected chi connectivity index (χ3v) is 5.49. The van der Waals surface area contributed by atoms with Crippen molar-refractivity contribution in [1.82, 2.24) is 4.98 Å². The molecule has 0 saturated heterocycles. The molecule has 0 saturated carbocycles. The summed E-state index contributed by atoms with van der Waals surface area (Å²) in [5.74, 6) is 0.556.